The summed E-state index contributed by atoms with van der Waals surface area (Å²) in [6.45, 7) is 4.11. The van der Waals surface area contributed by atoms with Gasteiger partial charge in [0.1, 0.15) is 24.3 Å². The van der Waals surface area contributed by atoms with Crippen LogP contribution in [-0.2, 0) is 17.5 Å². The van der Waals surface area contributed by atoms with Gasteiger partial charge < -0.3 is 19.5 Å². The van der Waals surface area contributed by atoms with Crippen LogP contribution in [0.4, 0.5) is 18.9 Å². The van der Waals surface area contributed by atoms with E-state index < -0.39 is 39.6 Å². The third kappa shape index (κ3) is 5.65. The highest BCUT2D eigenvalue weighted by Gasteiger charge is 2.40. The molecule has 180 valence electrons. The number of nitrogens with zero attached hydrogens (tertiary/aromatic N) is 2. The fraction of sp³-hybridized carbons (Fsp3) is 0.292. The molecule has 10 heteroatoms. The minimum atomic E-state index is -4.52. The van der Waals surface area contributed by atoms with Gasteiger partial charge in [0.2, 0.25) is 0 Å². The van der Waals surface area contributed by atoms with E-state index in [4.69, 9.17) is 4.74 Å². The zero-order chi connectivity index (χ0) is 24.5. The van der Waals surface area contributed by atoms with Crippen molar-refractivity contribution in [1.29, 1.82) is 0 Å². The molecule has 5 nitrogen and oxygen atoms in total. The quantitative estimate of drug-likeness (QED) is 0.373. The monoisotopic (exact) mass is 601 g/mol. The molecule has 0 spiro atoms. The number of alkyl halides is 3. The lowest BCUT2D eigenvalue weighted by molar-refractivity contribution is -0.0867. The molecule has 0 aromatic heterocycles. The van der Waals surface area contributed by atoms with Crippen molar-refractivity contribution < 1.29 is 22.5 Å². The van der Waals surface area contributed by atoms with Crippen LogP contribution in [0.15, 0.2) is 62.9 Å². The molecule has 2 aromatic carbocycles. The van der Waals surface area contributed by atoms with Gasteiger partial charge in [0.15, 0.2) is 5.82 Å². The second-order valence-electron chi connectivity index (χ2n) is 8.34. The van der Waals surface area contributed by atoms with Gasteiger partial charge in [-0.05, 0) is 95.8 Å². The molecule has 0 fully saturated rings. The fourth-order valence-corrected chi connectivity index (χ4v) is 6.25. The molecule has 0 radical (unpaired) electrons. The first-order valence-corrected chi connectivity index (χ1v) is 15.4. The van der Waals surface area contributed by atoms with Gasteiger partial charge in [-0.1, -0.05) is 6.07 Å². The zero-order valence-corrected chi connectivity index (χ0v) is 22.0. The SMILES string of the molecule is COc1ccc2c(c1)CN(C1=NC(Nc3ccc(P(C)(C)=O)cc3)=C=IC=C1C(F)(F)F)CC2. The topological polar surface area (TPSA) is 53.9 Å². The summed E-state index contributed by atoms with van der Waals surface area (Å²) in [5.41, 5.74) is 1.96. The number of fused-ring (bicyclic) bond motifs is 1. The largest absolute Gasteiger partial charge is 0.497 e. The molecule has 2 aliphatic heterocycles. The summed E-state index contributed by atoms with van der Waals surface area (Å²) in [5, 5.41) is 3.82. The standard InChI is InChI=1S/C24H24F3IN3O2P/c1-33-19-7-4-16-10-11-31(15-17(16)12-19)23-21(24(25,26)27)13-28-14-22(30-23)29-18-5-8-20(9-6-18)34(2,3)32/h4-9,12-13,29H,10-11,15H2,1-3H3. The van der Waals surface area contributed by atoms with Crippen molar-refractivity contribution in [1.82, 2.24) is 4.90 Å². The molecule has 0 unspecified atom stereocenters. The summed E-state index contributed by atoms with van der Waals surface area (Å²) in [6, 6.07) is 12.7. The van der Waals surface area contributed by atoms with E-state index in [0.29, 0.717) is 30.9 Å². The Balaban J connectivity index is 1.65. The van der Waals surface area contributed by atoms with E-state index in [1.54, 1.807) is 49.6 Å². The molecule has 1 N–H and O–H groups in total. The molecule has 0 amide bonds. The van der Waals surface area contributed by atoms with Crippen molar-refractivity contribution in [3.8, 4) is 5.75 Å². The minimum absolute atomic E-state index is 0.101. The normalized spacial score (nSPS) is 16.4. The molecular weight excluding hydrogens is 577 g/mol. The van der Waals surface area contributed by atoms with Crippen molar-refractivity contribution in [3.05, 3.63) is 69.1 Å². The molecule has 0 atom stereocenters. The third-order valence-electron chi connectivity index (χ3n) is 5.55. The van der Waals surface area contributed by atoms with E-state index in [-0.39, 0.29) is 11.7 Å². The molecular formula is C24H24F3IN3O2P. The summed E-state index contributed by atoms with van der Waals surface area (Å²) in [7, 11) is -0.831. The van der Waals surface area contributed by atoms with E-state index >= 15 is 0 Å². The van der Waals surface area contributed by atoms with Crippen LogP contribution in [0, 0.1) is 0 Å². The van der Waals surface area contributed by atoms with Crippen molar-refractivity contribution in [3.63, 3.8) is 0 Å². The lowest BCUT2D eigenvalue weighted by Crippen LogP contribution is -2.40. The molecule has 2 aliphatic rings. The highest BCUT2D eigenvalue weighted by molar-refractivity contribution is 14.2. The third-order valence-corrected chi connectivity index (χ3v) is 8.85. The first kappa shape index (κ1) is 24.8. The Morgan fingerprint density at radius 2 is 1.88 bits per heavy atom. The number of halogens is 4. The van der Waals surface area contributed by atoms with Gasteiger partial charge >= 0.3 is 6.18 Å². The molecule has 0 saturated heterocycles. The maximum absolute atomic E-state index is 14.0. The number of rotatable bonds is 4. The number of methoxy groups -OCH3 is 1. The van der Waals surface area contributed by atoms with Crippen LogP contribution in [-0.4, -0.2) is 47.6 Å². The predicted molar refractivity (Wildman–Crippen MR) is 140 cm³/mol. The summed E-state index contributed by atoms with van der Waals surface area (Å²) < 4.78 is 63.8. The Kier molecular flexibility index (Phi) is 7.08. The Morgan fingerprint density at radius 1 is 1.15 bits per heavy atom. The molecule has 2 heterocycles. The zero-order valence-electron chi connectivity index (χ0n) is 18.9. The molecule has 34 heavy (non-hydrogen) atoms. The lowest BCUT2D eigenvalue weighted by Gasteiger charge is -2.33. The molecule has 2 aromatic rings. The number of hydrogen-bond donors (Lipinski definition) is 1. The molecule has 0 aliphatic carbocycles. The Morgan fingerprint density at radius 3 is 2.53 bits per heavy atom. The van der Waals surface area contributed by atoms with Crippen molar-refractivity contribution >= 4 is 48.4 Å². The Bertz CT molecular complexity index is 1270. The fourth-order valence-electron chi connectivity index (χ4n) is 3.73. The van der Waals surface area contributed by atoms with Crippen molar-refractivity contribution in [2.75, 3.05) is 32.3 Å². The number of benzene rings is 2. The van der Waals surface area contributed by atoms with Crippen LogP contribution in [0.25, 0.3) is 0 Å². The average Bonchev–Trinajstić information content (AvgIpc) is 3.00. The van der Waals surface area contributed by atoms with E-state index in [2.05, 4.69) is 14.0 Å². The number of hydrogen-bond acceptors (Lipinski definition) is 5. The van der Waals surface area contributed by atoms with Crippen LogP contribution in [0.5, 0.6) is 5.75 Å². The number of amidine groups is 1. The minimum Gasteiger partial charge on any atom is -0.497 e. The number of aliphatic imine (C=N–C) groups is 1. The summed E-state index contributed by atoms with van der Waals surface area (Å²) >= 11 is -1.13. The van der Waals surface area contributed by atoms with Crippen LogP contribution < -0.4 is 15.4 Å². The molecule has 0 saturated carbocycles. The van der Waals surface area contributed by atoms with Crippen LogP contribution >= 0.6 is 27.9 Å². The van der Waals surface area contributed by atoms with E-state index in [0.717, 1.165) is 16.4 Å². The van der Waals surface area contributed by atoms with Gasteiger partial charge in [0, 0.05) is 24.1 Å². The van der Waals surface area contributed by atoms with Gasteiger partial charge in [0.05, 0.1) is 7.11 Å². The van der Waals surface area contributed by atoms with Gasteiger partial charge in [-0.25, -0.2) is 4.99 Å². The summed E-state index contributed by atoms with van der Waals surface area (Å²) in [5.74, 6) is 0.832. The van der Waals surface area contributed by atoms with Crippen LogP contribution in [0.3, 0.4) is 0 Å². The van der Waals surface area contributed by atoms with Gasteiger partial charge in [-0.15, -0.1) is 0 Å². The molecule has 4 rings (SSSR count). The van der Waals surface area contributed by atoms with Gasteiger partial charge in [-0.3, -0.25) is 0 Å². The first-order chi connectivity index (χ1) is 16.0. The van der Waals surface area contributed by atoms with Crippen molar-refractivity contribution in [2.45, 2.75) is 19.1 Å². The smallest absolute Gasteiger partial charge is 0.420 e. The highest BCUT2D eigenvalue weighted by Crippen LogP contribution is 2.35. The molecule has 0 bridgehead atoms. The van der Waals surface area contributed by atoms with Crippen LogP contribution in [0.1, 0.15) is 11.1 Å². The van der Waals surface area contributed by atoms with Crippen molar-refractivity contribution in [2.24, 2.45) is 4.99 Å². The lowest BCUT2D eigenvalue weighted by atomic mass is 9.98. The highest BCUT2D eigenvalue weighted by atomic mass is 127. The number of ether oxygens (including phenoxy) is 1. The van der Waals surface area contributed by atoms with E-state index in [9.17, 15) is 17.7 Å². The summed E-state index contributed by atoms with van der Waals surface area (Å²) in [6.07, 6.45) is -3.90. The second kappa shape index (κ2) is 9.72. The second-order valence-corrected chi connectivity index (χ2v) is 13.3. The van der Waals surface area contributed by atoms with Gasteiger partial charge in [-0.2, -0.15) is 13.2 Å². The maximum atomic E-state index is 14.0. The Hall–Kier alpha value is -2.35. The average molecular weight is 601 g/mol. The van der Waals surface area contributed by atoms with E-state index in [1.165, 1.54) is 4.08 Å². The first-order valence-electron chi connectivity index (χ1n) is 10.5. The van der Waals surface area contributed by atoms with Crippen LogP contribution in [0.2, 0.25) is 0 Å². The van der Waals surface area contributed by atoms with E-state index in [1.807, 2.05) is 18.2 Å². The predicted octanol–water partition coefficient (Wildman–Crippen LogP) is 5.48. The number of anilines is 1. The number of nitrogens with one attached hydrogen (secondary N) is 1. The Labute approximate surface area is 206 Å². The maximum Gasteiger partial charge on any atom is 0.420 e. The summed E-state index contributed by atoms with van der Waals surface area (Å²) in [4.78, 5) is 6.09. The van der Waals surface area contributed by atoms with Gasteiger partial charge in [0.25, 0.3) is 0 Å².